The number of aromatic nitrogens is 2. The van der Waals surface area contributed by atoms with Crippen molar-refractivity contribution in [2.45, 2.75) is 31.8 Å². The Balaban J connectivity index is 1.60. The Labute approximate surface area is 115 Å². The molecular formula is C13H14ClN3S. The molecule has 0 aliphatic heterocycles. The highest BCUT2D eigenvalue weighted by Crippen LogP contribution is 2.21. The maximum atomic E-state index is 5.86. The lowest BCUT2D eigenvalue weighted by Crippen LogP contribution is -2.14. The van der Waals surface area contributed by atoms with Crippen molar-refractivity contribution < 1.29 is 0 Å². The zero-order valence-corrected chi connectivity index (χ0v) is 11.5. The highest BCUT2D eigenvalue weighted by Gasteiger charge is 2.20. The van der Waals surface area contributed by atoms with Crippen LogP contribution < -0.4 is 5.32 Å². The summed E-state index contributed by atoms with van der Waals surface area (Å²) in [4.78, 5) is 0. The Kier molecular flexibility index (Phi) is 3.59. The maximum Gasteiger partial charge on any atom is 0.131 e. The third kappa shape index (κ3) is 3.28. The molecule has 1 aromatic carbocycles. The van der Waals surface area contributed by atoms with Crippen molar-refractivity contribution in [3.8, 4) is 0 Å². The van der Waals surface area contributed by atoms with Gasteiger partial charge in [-0.2, -0.15) is 0 Å². The molecule has 0 unspecified atom stereocenters. The van der Waals surface area contributed by atoms with Gasteiger partial charge in [0.05, 0.1) is 0 Å². The van der Waals surface area contributed by atoms with Crippen LogP contribution in [0.25, 0.3) is 0 Å². The first-order chi connectivity index (χ1) is 8.79. The van der Waals surface area contributed by atoms with Gasteiger partial charge in [-0.15, -0.1) is 10.2 Å². The van der Waals surface area contributed by atoms with Crippen molar-refractivity contribution in [1.29, 1.82) is 0 Å². The molecule has 0 amide bonds. The van der Waals surface area contributed by atoms with Gasteiger partial charge >= 0.3 is 0 Å². The Morgan fingerprint density at radius 1 is 1.17 bits per heavy atom. The molecule has 5 heteroatoms. The second-order valence-electron chi connectivity index (χ2n) is 4.55. The van der Waals surface area contributed by atoms with E-state index in [-0.39, 0.29) is 0 Å². The number of benzene rings is 1. The van der Waals surface area contributed by atoms with Crippen molar-refractivity contribution in [2.75, 3.05) is 0 Å². The van der Waals surface area contributed by atoms with Crippen LogP contribution in [-0.4, -0.2) is 16.2 Å². The van der Waals surface area contributed by atoms with Gasteiger partial charge in [0.25, 0.3) is 0 Å². The highest BCUT2D eigenvalue weighted by atomic mass is 35.5. The largest absolute Gasteiger partial charge is 0.308 e. The van der Waals surface area contributed by atoms with E-state index in [1.165, 1.54) is 18.4 Å². The molecule has 1 aliphatic carbocycles. The van der Waals surface area contributed by atoms with Gasteiger partial charge in [-0.1, -0.05) is 35.1 Å². The number of hydrogen-bond donors (Lipinski definition) is 1. The highest BCUT2D eigenvalue weighted by molar-refractivity contribution is 7.11. The van der Waals surface area contributed by atoms with E-state index >= 15 is 0 Å². The van der Waals surface area contributed by atoms with Crippen molar-refractivity contribution in [3.63, 3.8) is 0 Å². The van der Waals surface area contributed by atoms with Crippen LogP contribution in [0.15, 0.2) is 24.3 Å². The molecular weight excluding hydrogens is 266 g/mol. The molecule has 94 valence electrons. The number of nitrogens with one attached hydrogen (secondary N) is 1. The van der Waals surface area contributed by atoms with Gasteiger partial charge in [0.2, 0.25) is 0 Å². The first-order valence-electron chi connectivity index (χ1n) is 6.09. The minimum Gasteiger partial charge on any atom is -0.308 e. The van der Waals surface area contributed by atoms with Crippen molar-refractivity contribution >= 4 is 22.9 Å². The molecule has 0 radical (unpaired) electrons. The van der Waals surface area contributed by atoms with Crippen LogP contribution in [0.4, 0.5) is 0 Å². The summed E-state index contributed by atoms with van der Waals surface area (Å²) in [5.74, 6) is 0. The summed E-state index contributed by atoms with van der Waals surface area (Å²) in [6.45, 7) is 0.850. The SMILES string of the molecule is Clc1ccc(Cc2nnc(CNC3CC3)s2)cc1. The lowest BCUT2D eigenvalue weighted by molar-refractivity contribution is 0.678. The summed E-state index contributed by atoms with van der Waals surface area (Å²) in [7, 11) is 0. The Morgan fingerprint density at radius 3 is 2.61 bits per heavy atom. The molecule has 1 N–H and O–H groups in total. The van der Waals surface area contributed by atoms with E-state index in [1.54, 1.807) is 11.3 Å². The van der Waals surface area contributed by atoms with Crippen LogP contribution in [0, 0.1) is 0 Å². The first-order valence-corrected chi connectivity index (χ1v) is 7.28. The molecule has 3 rings (SSSR count). The molecule has 3 nitrogen and oxygen atoms in total. The van der Waals surface area contributed by atoms with Gasteiger partial charge in [-0.25, -0.2) is 0 Å². The molecule has 1 aliphatic rings. The summed E-state index contributed by atoms with van der Waals surface area (Å²) in [5, 5.41) is 14.8. The average Bonchev–Trinajstić information content (AvgIpc) is 3.10. The van der Waals surface area contributed by atoms with Crippen LogP contribution in [0.2, 0.25) is 5.02 Å². The van der Waals surface area contributed by atoms with E-state index in [9.17, 15) is 0 Å². The lowest BCUT2D eigenvalue weighted by Gasteiger charge is -1.97. The van der Waals surface area contributed by atoms with Gasteiger partial charge in [-0.05, 0) is 30.5 Å². The molecule has 0 saturated heterocycles. The number of rotatable bonds is 5. The van der Waals surface area contributed by atoms with Crippen molar-refractivity contribution in [2.24, 2.45) is 0 Å². The standard InChI is InChI=1S/C13H14ClN3S/c14-10-3-1-9(2-4-10)7-12-16-17-13(18-12)8-15-11-5-6-11/h1-4,11,15H,5-8H2. The van der Waals surface area contributed by atoms with Gasteiger partial charge in [0.1, 0.15) is 10.0 Å². The van der Waals surface area contributed by atoms with Gasteiger partial charge in [0, 0.05) is 24.0 Å². The summed E-state index contributed by atoms with van der Waals surface area (Å²) in [6, 6.07) is 8.60. The van der Waals surface area contributed by atoms with Crippen LogP contribution in [0.3, 0.4) is 0 Å². The van der Waals surface area contributed by atoms with Crippen LogP contribution in [0.5, 0.6) is 0 Å². The van der Waals surface area contributed by atoms with E-state index in [1.807, 2.05) is 24.3 Å². The maximum absolute atomic E-state index is 5.86. The average molecular weight is 280 g/mol. The Bertz CT molecular complexity index is 519. The van der Waals surface area contributed by atoms with Gasteiger partial charge in [-0.3, -0.25) is 0 Å². The molecule has 0 atom stereocenters. The summed E-state index contributed by atoms with van der Waals surface area (Å²) in [5.41, 5.74) is 1.22. The monoisotopic (exact) mass is 279 g/mol. The van der Waals surface area contributed by atoms with Crippen LogP contribution >= 0.6 is 22.9 Å². The fourth-order valence-electron chi connectivity index (χ4n) is 1.73. The Hall–Kier alpha value is -0.970. The topological polar surface area (TPSA) is 37.8 Å². The van der Waals surface area contributed by atoms with E-state index in [4.69, 9.17) is 11.6 Å². The molecule has 1 aromatic heterocycles. The van der Waals surface area contributed by atoms with E-state index in [2.05, 4.69) is 15.5 Å². The molecule has 1 saturated carbocycles. The minimum atomic E-state index is 0.716. The summed E-state index contributed by atoms with van der Waals surface area (Å²) < 4.78 is 0. The van der Waals surface area contributed by atoms with Crippen LogP contribution in [0.1, 0.15) is 28.4 Å². The molecule has 2 aromatic rings. The molecule has 1 heterocycles. The first kappa shape index (κ1) is 12.1. The molecule has 0 bridgehead atoms. The van der Waals surface area contributed by atoms with Crippen molar-refractivity contribution in [1.82, 2.24) is 15.5 Å². The fraction of sp³-hybridized carbons (Fsp3) is 0.385. The summed E-state index contributed by atoms with van der Waals surface area (Å²) >= 11 is 7.55. The molecule has 18 heavy (non-hydrogen) atoms. The van der Waals surface area contributed by atoms with Crippen molar-refractivity contribution in [3.05, 3.63) is 44.9 Å². The predicted molar refractivity (Wildman–Crippen MR) is 74.0 cm³/mol. The summed E-state index contributed by atoms with van der Waals surface area (Å²) in [6.07, 6.45) is 3.44. The third-order valence-electron chi connectivity index (χ3n) is 2.90. The van der Waals surface area contributed by atoms with E-state index < -0.39 is 0 Å². The lowest BCUT2D eigenvalue weighted by atomic mass is 10.2. The van der Waals surface area contributed by atoms with Gasteiger partial charge in [0.15, 0.2) is 0 Å². The smallest absolute Gasteiger partial charge is 0.131 e. The zero-order chi connectivity index (χ0) is 12.4. The number of hydrogen-bond acceptors (Lipinski definition) is 4. The number of halogens is 1. The van der Waals surface area contributed by atoms with Crippen LogP contribution in [-0.2, 0) is 13.0 Å². The minimum absolute atomic E-state index is 0.716. The Morgan fingerprint density at radius 2 is 1.89 bits per heavy atom. The zero-order valence-electron chi connectivity index (χ0n) is 9.90. The van der Waals surface area contributed by atoms with Gasteiger partial charge < -0.3 is 5.32 Å². The third-order valence-corrected chi connectivity index (χ3v) is 4.07. The number of nitrogens with zero attached hydrogens (tertiary/aromatic N) is 2. The second kappa shape index (κ2) is 5.34. The van der Waals surface area contributed by atoms with E-state index in [0.29, 0.717) is 6.04 Å². The quantitative estimate of drug-likeness (QED) is 0.914. The normalized spacial score (nSPS) is 14.9. The molecule has 0 spiro atoms. The second-order valence-corrected chi connectivity index (χ2v) is 6.13. The van der Waals surface area contributed by atoms with E-state index in [0.717, 1.165) is 28.0 Å². The fourth-order valence-corrected chi connectivity index (χ4v) is 2.68. The molecule has 1 fully saturated rings. The predicted octanol–water partition coefficient (Wildman–Crippen LogP) is 3.03.